The average molecular weight is 257 g/mol. The van der Waals surface area contributed by atoms with Gasteiger partial charge >= 0.3 is 6.18 Å². The van der Waals surface area contributed by atoms with Crippen LogP contribution >= 0.6 is 0 Å². The average Bonchev–Trinajstić information content (AvgIpc) is 2.76. The lowest BCUT2D eigenvalue weighted by atomic mass is 10.3. The van der Waals surface area contributed by atoms with Gasteiger partial charge in [0.1, 0.15) is 0 Å². The lowest BCUT2D eigenvalue weighted by molar-refractivity contribution is -0.0888. The van der Waals surface area contributed by atoms with E-state index in [0.717, 1.165) is 10.9 Å². The number of carbonyl (C=O) groups is 1. The number of halogens is 3. The summed E-state index contributed by atoms with van der Waals surface area (Å²) in [5.41, 5.74) is -0.250. The van der Waals surface area contributed by atoms with Gasteiger partial charge in [-0.05, 0) is 0 Å². The van der Waals surface area contributed by atoms with Gasteiger partial charge in [-0.2, -0.15) is 13.2 Å². The molecule has 9 heteroatoms. The SMILES string of the molecule is O=C(c1cn(Cc2cnccn2)nn1)C(F)(F)F. The standard InChI is InChI=1S/C9H6F3N5O/c10-9(11,12)8(18)7-5-17(16-15-7)4-6-3-13-1-2-14-6/h1-3,5H,4H2. The molecule has 2 aromatic rings. The third kappa shape index (κ3) is 2.67. The summed E-state index contributed by atoms with van der Waals surface area (Å²) in [4.78, 5) is 18.6. The Morgan fingerprint density at radius 1 is 1.33 bits per heavy atom. The second kappa shape index (κ2) is 4.51. The van der Waals surface area contributed by atoms with Gasteiger partial charge in [-0.3, -0.25) is 14.8 Å². The van der Waals surface area contributed by atoms with Crippen LogP contribution in [0.25, 0.3) is 0 Å². The number of aromatic nitrogens is 5. The third-order valence-electron chi connectivity index (χ3n) is 1.97. The monoisotopic (exact) mass is 257 g/mol. The van der Waals surface area contributed by atoms with Crippen LogP contribution in [-0.4, -0.2) is 36.9 Å². The summed E-state index contributed by atoms with van der Waals surface area (Å²) in [5.74, 6) is -2.02. The molecule has 0 spiro atoms. The van der Waals surface area contributed by atoms with Gasteiger partial charge in [0, 0.05) is 12.4 Å². The highest BCUT2D eigenvalue weighted by molar-refractivity contribution is 5.98. The van der Waals surface area contributed by atoms with E-state index < -0.39 is 17.7 Å². The van der Waals surface area contributed by atoms with E-state index in [1.807, 2.05) is 0 Å². The van der Waals surface area contributed by atoms with Crippen molar-refractivity contribution in [1.29, 1.82) is 0 Å². The van der Waals surface area contributed by atoms with Crippen LogP contribution < -0.4 is 0 Å². The molecular formula is C9H6F3N5O. The highest BCUT2D eigenvalue weighted by Crippen LogP contribution is 2.19. The summed E-state index contributed by atoms with van der Waals surface area (Å²) in [6, 6.07) is 0. The minimum Gasteiger partial charge on any atom is -0.282 e. The van der Waals surface area contributed by atoms with Crippen LogP contribution in [0.2, 0.25) is 0 Å². The molecule has 0 bridgehead atoms. The minimum absolute atomic E-state index is 0.0893. The van der Waals surface area contributed by atoms with Crippen molar-refractivity contribution in [1.82, 2.24) is 25.0 Å². The Kier molecular flexibility index (Phi) is 3.04. The molecule has 0 saturated heterocycles. The van der Waals surface area contributed by atoms with Crippen molar-refractivity contribution in [3.05, 3.63) is 36.2 Å². The molecule has 0 fully saturated rings. The largest absolute Gasteiger partial charge is 0.456 e. The molecule has 0 amide bonds. The molecule has 0 aromatic carbocycles. The predicted molar refractivity (Wildman–Crippen MR) is 51.5 cm³/mol. The van der Waals surface area contributed by atoms with Gasteiger partial charge in [0.05, 0.1) is 24.6 Å². The Morgan fingerprint density at radius 3 is 2.72 bits per heavy atom. The van der Waals surface area contributed by atoms with Crippen molar-refractivity contribution >= 4 is 5.78 Å². The van der Waals surface area contributed by atoms with Crippen molar-refractivity contribution in [3.63, 3.8) is 0 Å². The normalized spacial score (nSPS) is 11.5. The number of hydrogen-bond donors (Lipinski definition) is 0. The molecular weight excluding hydrogens is 251 g/mol. The van der Waals surface area contributed by atoms with Gasteiger partial charge in [0.25, 0.3) is 5.78 Å². The van der Waals surface area contributed by atoms with E-state index in [9.17, 15) is 18.0 Å². The van der Waals surface area contributed by atoms with E-state index in [0.29, 0.717) is 5.69 Å². The molecule has 0 aliphatic carbocycles. The number of ketones is 1. The molecule has 18 heavy (non-hydrogen) atoms. The van der Waals surface area contributed by atoms with E-state index in [-0.39, 0.29) is 6.54 Å². The first kappa shape index (κ1) is 12.1. The van der Waals surface area contributed by atoms with Gasteiger partial charge in [0.15, 0.2) is 5.69 Å². The van der Waals surface area contributed by atoms with Gasteiger partial charge < -0.3 is 0 Å². The first-order chi connectivity index (χ1) is 8.47. The fourth-order valence-corrected chi connectivity index (χ4v) is 1.20. The zero-order valence-corrected chi connectivity index (χ0v) is 8.79. The third-order valence-corrected chi connectivity index (χ3v) is 1.97. The van der Waals surface area contributed by atoms with E-state index in [1.165, 1.54) is 18.6 Å². The van der Waals surface area contributed by atoms with Crippen LogP contribution in [0.15, 0.2) is 24.8 Å². The maximum Gasteiger partial charge on any atom is 0.456 e. The van der Waals surface area contributed by atoms with Crippen LogP contribution in [-0.2, 0) is 6.54 Å². The fourth-order valence-electron chi connectivity index (χ4n) is 1.20. The number of rotatable bonds is 3. The van der Waals surface area contributed by atoms with Gasteiger partial charge in [0.2, 0.25) is 0 Å². The highest BCUT2D eigenvalue weighted by Gasteiger charge is 2.41. The molecule has 0 atom stereocenters. The van der Waals surface area contributed by atoms with Gasteiger partial charge in [-0.25, -0.2) is 4.68 Å². The van der Waals surface area contributed by atoms with E-state index >= 15 is 0 Å². The maximum atomic E-state index is 12.1. The smallest absolute Gasteiger partial charge is 0.282 e. The van der Waals surface area contributed by atoms with Crippen molar-refractivity contribution in [2.75, 3.05) is 0 Å². The Balaban J connectivity index is 2.14. The molecule has 0 aliphatic rings. The quantitative estimate of drug-likeness (QED) is 0.762. The molecule has 6 nitrogen and oxygen atoms in total. The van der Waals surface area contributed by atoms with Gasteiger partial charge in [-0.1, -0.05) is 5.21 Å². The van der Waals surface area contributed by atoms with Crippen molar-refractivity contribution in [2.45, 2.75) is 12.7 Å². The van der Waals surface area contributed by atoms with Crippen LogP contribution in [0.1, 0.15) is 16.2 Å². The molecule has 94 valence electrons. The second-order valence-electron chi connectivity index (χ2n) is 3.32. The molecule has 0 saturated carbocycles. The van der Waals surface area contributed by atoms with E-state index in [4.69, 9.17) is 0 Å². The second-order valence-corrected chi connectivity index (χ2v) is 3.32. The van der Waals surface area contributed by atoms with Crippen LogP contribution in [0.4, 0.5) is 13.2 Å². The Labute approximate surface area is 98.5 Å². The zero-order valence-electron chi connectivity index (χ0n) is 8.79. The lowest BCUT2D eigenvalue weighted by Gasteiger charge is -2.00. The Bertz CT molecular complexity index is 551. The number of alkyl halides is 3. The zero-order chi connectivity index (χ0) is 13.2. The summed E-state index contributed by atoms with van der Waals surface area (Å²) < 4.78 is 37.5. The summed E-state index contributed by atoms with van der Waals surface area (Å²) in [6.07, 6.45) is 0.308. The topological polar surface area (TPSA) is 73.6 Å². The molecule has 0 unspecified atom stereocenters. The van der Waals surface area contributed by atoms with Gasteiger partial charge in [-0.15, -0.1) is 5.10 Å². The number of carbonyl (C=O) groups excluding carboxylic acids is 1. The Morgan fingerprint density at radius 2 is 2.11 bits per heavy atom. The predicted octanol–water partition coefficient (Wildman–Crippen LogP) is 0.861. The molecule has 0 radical (unpaired) electrons. The lowest BCUT2D eigenvalue weighted by Crippen LogP contribution is -2.23. The molecule has 2 aromatic heterocycles. The van der Waals surface area contributed by atoms with Crippen molar-refractivity contribution in [2.24, 2.45) is 0 Å². The summed E-state index contributed by atoms with van der Waals surface area (Å²) in [6.45, 7) is 0.0893. The fraction of sp³-hybridized carbons (Fsp3) is 0.222. The van der Waals surface area contributed by atoms with Crippen LogP contribution in [0, 0.1) is 0 Å². The molecule has 0 aliphatic heterocycles. The Hall–Kier alpha value is -2.32. The highest BCUT2D eigenvalue weighted by atomic mass is 19.4. The molecule has 2 rings (SSSR count). The summed E-state index contributed by atoms with van der Waals surface area (Å²) in [7, 11) is 0. The van der Waals surface area contributed by atoms with Crippen LogP contribution in [0.5, 0.6) is 0 Å². The number of hydrogen-bond acceptors (Lipinski definition) is 5. The number of Topliss-reactive ketones (excluding diaryl/α,β-unsaturated/α-hetero) is 1. The van der Waals surface area contributed by atoms with Crippen LogP contribution in [0.3, 0.4) is 0 Å². The molecule has 2 heterocycles. The number of nitrogens with zero attached hydrogens (tertiary/aromatic N) is 5. The summed E-state index contributed by atoms with van der Waals surface area (Å²) >= 11 is 0. The van der Waals surface area contributed by atoms with E-state index in [1.54, 1.807) is 0 Å². The van der Waals surface area contributed by atoms with Crippen molar-refractivity contribution in [3.8, 4) is 0 Å². The first-order valence-corrected chi connectivity index (χ1v) is 4.73. The van der Waals surface area contributed by atoms with E-state index in [2.05, 4.69) is 20.3 Å². The summed E-state index contributed by atoms with van der Waals surface area (Å²) in [5, 5.41) is 6.60. The maximum absolute atomic E-state index is 12.1. The first-order valence-electron chi connectivity index (χ1n) is 4.73. The molecule has 0 N–H and O–H groups in total. The minimum atomic E-state index is -4.95. The van der Waals surface area contributed by atoms with Crippen molar-refractivity contribution < 1.29 is 18.0 Å².